The van der Waals surface area contributed by atoms with E-state index < -0.39 is 0 Å². The first-order valence-electron chi connectivity index (χ1n) is 8.04. The molecule has 0 bridgehead atoms. The summed E-state index contributed by atoms with van der Waals surface area (Å²) in [5, 5.41) is 13.0. The summed E-state index contributed by atoms with van der Waals surface area (Å²) < 4.78 is 0. The number of nitrogens with one attached hydrogen (secondary N) is 1. The third-order valence-electron chi connectivity index (χ3n) is 4.75. The van der Waals surface area contributed by atoms with Crippen molar-refractivity contribution in [1.82, 2.24) is 5.32 Å². The van der Waals surface area contributed by atoms with Gasteiger partial charge >= 0.3 is 0 Å². The lowest BCUT2D eigenvalue weighted by atomic mass is 9.91. The van der Waals surface area contributed by atoms with Gasteiger partial charge in [0.1, 0.15) is 0 Å². The average molecular weight is 347 g/mol. The van der Waals surface area contributed by atoms with Gasteiger partial charge in [0.05, 0.1) is 6.10 Å². The molecule has 1 aromatic rings. The third kappa shape index (κ3) is 5.31. The number of aliphatic hydroxyl groups is 1. The quantitative estimate of drug-likeness (QED) is 0.882. The Morgan fingerprint density at radius 3 is 2.14 bits per heavy atom. The van der Waals surface area contributed by atoms with Crippen molar-refractivity contribution in [2.75, 3.05) is 31.1 Å². The first-order valence-corrected chi connectivity index (χ1v) is 8.04. The van der Waals surface area contributed by atoms with Crippen molar-refractivity contribution in [3.8, 4) is 0 Å². The van der Waals surface area contributed by atoms with Gasteiger partial charge in [0.2, 0.25) is 0 Å². The Balaban J connectivity index is 0.00000121. The molecule has 0 radical (unpaired) electrons. The normalized spacial score (nSPS) is 20.1. The number of piperidine rings is 2. The molecule has 22 heavy (non-hydrogen) atoms. The van der Waals surface area contributed by atoms with E-state index in [1.165, 1.54) is 43.6 Å². The minimum Gasteiger partial charge on any atom is -0.393 e. The number of halogens is 2. The molecule has 3 nitrogen and oxygen atoms in total. The smallest absolute Gasteiger partial charge is 0.0574 e. The van der Waals surface area contributed by atoms with E-state index in [-0.39, 0.29) is 30.9 Å². The van der Waals surface area contributed by atoms with E-state index in [0.717, 1.165) is 31.8 Å². The van der Waals surface area contributed by atoms with E-state index in [1.807, 2.05) is 0 Å². The van der Waals surface area contributed by atoms with Crippen LogP contribution in [0.2, 0.25) is 0 Å². The molecule has 2 N–H and O–H groups in total. The van der Waals surface area contributed by atoms with Crippen LogP contribution in [0.1, 0.15) is 31.2 Å². The molecule has 0 saturated carbocycles. The molecule has 0 spiro atoms. The number of nitrogens with zero attached hydrogens (tertiary/aromatic N) is 1. The monoisotopic (exact) mass is 346 g/mol. The lowest BCUT2D eigenvalue weighted by Gasteiger charge is -2.31. The molecular weight excluding hydrogens is 319 g/mol. The van der Waals surface area contributed by atoms with Gasteiger partial charge in [-0.05, 0) is 68.8 Å². The largest absolute Gasteiger partial charge is 0.393 e. The van der Waals surface area contributed by atoms with Crippen molar-refractivity contribution in [3.05, 3.63) is 29.8 Å². The summed E-state index contributed by atoms with van der Waals surface area (Å²) in [5.74, 6) is 0.854. The van der Waals surface area contributed by atoms with E-state index in [9.17, 15) is 5.11 Å². The second-order valence-corrected chi connectivity index (χ2v) is 6.28. The predicted octanol–water partition coefficient (Wildman–Crippen LogP) is 3.03. The fraction of sp³-hybridized carbons (Fsp3) is 0.647. The lowest BCUT2D eigenvalue weighted by molar-refractivity contribution is 0.145. The van der Waals surface area contributed by atoms with Gasteiger partial charge in [-0.15, -0.1) is 24.8 Å². The standard InChI is InChI=1S/C17H26N2O.2ClH/c20-17-7-11-19(12-8-17)16-3-1-14(2-4-16)13-15-5-9-18-10-6-15;;/h1-4,15,17-18,20H,5-13H2;2*1H. The minimum absolute atomic E-state index is 0. The second kappa shape index (κ2) is 9.61. The Kier molecular flexibility index (Phi) is 8.55. The highest BCUT2D eigenvalue weighted by Crippen LogP contribution is 2.23. The Hall–Kier alpha value is -0.480. The summed E-state index contributed by atoms with van der Waals surface area (Å²) in [7, 11) is 0. The molecule has 2 aliphatic rings. The highest BCUT2D eigenvalue weighted by atomic mass is 35.5. The van der Waals surface area contributed by atoms with Crippen LogP contribution in [-0.4, -0.2) is 37.4 Å². The van der Waals surface area contributed by atoms with Crippen LogP contribution in [-0.2, 0) is 6.42 Å². The molecule has 2 aliphatic heterocycles. The van der Waals surface area contributed by atoms with Crippen molar-refractivity contribution in [2.45, 2.75) is 38.2 Å². The first-order chi connectivity index (χ1) is 9.81. The Morgan fingerprint density at radius 1 is 0.955 bits per heavy atom. The van der Waals surface area contributed by atoms with Gasteiger partial charge in [-0.1, -0.05) is 12.1 Å². The topological polar surface area (TPSA) is 35.5 Å². The molecular formula is C17H28Cl2N2O. The van der Waals surface area contributed by atoms with Gasteiger partial charge in [0, 0.05) is 18.8 Å². The minimum atomic E-state index is -0.0922. The molecule has 0 amide bonds. The fourth-order valence-corrected chi connectivity index (χ4v) is 3.39. The van der Waals surface area contributed by atoms with Crippen molar-refractivity contribution >= 4 is 30.5 Å². The summed E-state index contributed by atoms with van der Waals surface area (Å²) in [4.78, 5) is 2.39. The summed E-state index contributed by atoms with van der Waals surface area (Å²) in [6, 6.07) is 9.10. The van der Waals surface area contributed by atoms with Gasteiger partial charge in [-0.2, -0.15) is 0 Å². The van der Waals surface area contributed by atoms with E-state index in [2.05, 4.69) is 34.5 Å². The van der Waals surface area contributed by atoms with Crippen LogP contribution in [0.5, 0.6) is 0 Å². The van der Waals surface area contributed by atoms with E-state index in [1.54, 1.807) is 0 Å². The second-order valence-electron chi connectivity index (χ2n) is 6.28. The average Bonchev–Trinajstić information content (AvgIpc) is 2.50. The van der Waals surface area contributed by atoms with Crippen LogP contribution in [0.4, 0.5) is 5.69 Å². The van der Waals surface area contributed by atoms with Crippen molar-refractivity contribution in [2.24, 2.45) is 5.92 Å². The summed E-state index contributed by atoms with van der Waals surface area (Å²) in [6.45, 7) is 4.32. The fourth-order valence-electron chi connectivity index (χ4n) is 3.39. The zero-order valence-corrected chi connectivity index (χ0v) is 14.7. The number of aliphatic hydroxyl groups excluding tert-OH is 1. The zero-order valence-electron chi connectivity index (χ0n) is 13.0. The molecule has 2 saturated heterocycles. The van der Waals surface area contributed by atoms with Gasteiger partial charge in [0.25, 0.3) is 0 Å². The van der Waals surface area contributed by atoms with Gasteiger partial charge in [-0.3, -0.25) is 0 Å². The lowest BCUT2D eigenvalue weighted by Crippen LogP contribution is -2.35. The Labute approximate surface area is 146 Å². The highest BCUT2D eigenvalue weighted by Gasteiger charge is 2.17. The maximum Gasteiger partial charge on any atom is 0.0574 e. The summed E-state index contributed by atoms with van der Waals surface area (Å²) >= 11 is 0. The van der Waals surface area contributed by atoms with Crippen LogP contribution in [0.25, 0.3) is 0 Å². The van der Waals surface area contributed by atoms with Crippen LogP contribution < -0.4 is 10.2 Å². The predicted molar refractivity (Wildman–Crippen MR) is 97.7 cm³/mol. The first kappa shape index (κ1) is 19.6. The SMILES string of the molecule is Cl.Cl.OC1CCN(c2ccc(CC3CCNCC3)cc2)CC1. The van der Waals surface area contributed by atoms with Gasteiger partial charge in [0.15, 0.2) is 0 Å². The molecule has 0 aromatic heterocycles. The number of rotatable bonds is 3. The molecule has 0 aliphatic carbocycles. The Morgan fingerprint density at radius 2 is 1.55 bits per heavy atom. The van der Waals surface area contributed by atoms with Crippen LogP contribution in [0, 0.1) is 5.92 Å². The maximum atomic E-state index is 9.57. The maximum absolute atomic E-state index is 9.57. The van der Waals surface area contributed by atoms with Crippen LogP contribution >= 0.6 is 24.8 Å². The Bertz CT molecular complexity index is 413. The number of hydrogen-bond acceptors (Lipinski definition) is 3. The number of benzene rings is 1. The third-order valence-corrected chi connectivity index (χ3v) is 4.75. The zero-order chi connectivity index (χ0) is 13.8. The molecule has 2 fully saturated rings. The van der Waals surface area contributed by atoms with E-state index >= 15 is 0 Å². The molecule has 126 valence electrons. The summed E-state index contributed by atoms with van der Waals surface area (Å²) in [5.41, 5.74) is 2.78. The summed E-state index contributed by atoms with van der Waals surface area (Å²) in [6.07, 6.45) is 5.55. The van der Waals surface area contributed by atoms with Crippen LogP contribution in [0.3, 0.4) is 0 Å². The molecule has 2 heterocycles. The van der Waals surface area contributed by atoms with Crippen LogP contribution in [0.15, 0.2) is 24.3 Å². The molecule has 5 heteroatoms. The van der Waals surface area contributed by atoms with Gasteiger partial charge in [-0.25, -0.2) is 0 Å². The molecule has 3 rings (SSSR count). The highest BCUT2D eigenvalue weighted by molar-refractivity contribution is 5.85. The number of anilines is 1. The van der Waals surface area contributed by atoms with E-state index in [0.29, 0.717) is 0 Å². The molecule has 1 aromatic carbocycles. The van der Waals surface area contributed by atoms with Gasteiger partial charge < -0.3 is 15.3 Å². The van der Waals surface area contributed by atoms with Crippen molar-refractivity contribution < 1.29 is 5.11 Å². The molecule has 0 atom stereocenters. The molecule has 0 unspecified atom stereocenters. The van der Waals surface area contributed by atoms with E-state index in [4.69, 9.17) is 0 Å². The van der Waals surface area contributed by atoms with Crippen molar-refractivity contribution in [1.29, 1.82) is 0 Å². The van der Waals surface area contributed by atoms with Crippen molar-refractivity contribution in [3.63, 3.8) is 0 Å². The number of hydrogen-bond donors (Lipinski definition) is 2.